The molecule has 0 radical (unpaired) electrons. The average molecular weight is 362 g/mol. The summed E-state index contributed by atoms with van der Waals surface area (Å²) in [5.41, 5.74) is 6.42. The van der Waals surface area contributed by atoms with Crippen LogP contribution in [0.5, 0.6) is 0 Å². The zero-order chi connectivity index (χ0) is 17.2. The number of hydrogen-bond acceptors (Lipinski definition) is 6. The number of amides is 1. The summed E-state index contributed by atoms with van der Waals surface area (Å²) in [6.45, 7) is 1.99. The molecule has 0 fully saturated rings. The van der Waals surface area contributed by atoms with Gasteiger partial charge in [0.15, 0.2) is 5.17 Å². The summed E-state index contributed by atoms with van der Waals surface area (Å²) in [6, 6.07) is 8.64. The Morgan fingerprint density at radius 2 is 2.21 bits per heavy atom. The maximum absolute atomic E-state index is 12.2. The van der Waals surface area contributed by atoms with E-state index in [1.807, 2.05) is 19.1 Å². The summed E-state index contributed by atoms with van der Waals surface area (Å²) in [6.07, 6.45) is 2.26. The molecule has 1 aliphatic rings. The molecule has 124 valence electrons. The fraction of sp³-hybridized carbons (Fsp3) is 0.250. The van der Waals surface area contributed by atoms with Crippen LogP contribution < -0.4 is 11.1 Å². The highest BCUT2D eigenvalue weighted by Gasteiger charge is 2.31. The second-order valence-electron chi connectivity index (χ2n) is 5.55. The number of hydrogen-bond donors (Lipinski definition) is 2. The van der Waals surface area contributed by atoms with Gasteiger partial charge in [-0.3, -0.25) is 4.79 Å². The number of anilines is 1. The number of carbonyl (C=O) groups excluding carboxylic acids is 1. The zero-order valence-corrected chi connectivity index (χ0v) is 14.6. The van der Waals surface area contributed by atoms with E-state index < -0.39 is 5.54 Å². The molecular formula is C16H16ClN5OS. The predicted molar refractivity (Wildman–Crippen MR) is 97.5 cm³/mol. The van der Waals surface area contributed by atoms with Crippen LogP contribution in [0.4, 0.5) is 5.82 Å². The first-order valence-corrected chi connectivity index (χ1v) is 8.71. The number of aliphatic imine (C=N–C) groups is 1. The smallest absolute Gasteiger partial charge is 0.275 e. The molecule has 0 spiro atoms. The fourth-order valence-electron chi connectivity index (χ4n) is 2.37. The lowest BCUT2D eigenvalue weighted by Gasteiger charge is -2.28. The lowest BCUT2D eigenvalue weighted by atomic mass is 9.94. The normalized spacial score (nSPS) is 20.3. The molecule has 24 heavy (non-hydrogen) atoms. The molecule has 2 aromatic rings. The number of nitrogens with one attached hydrogen (secondary N) is 1. The number of thioether (sulfide) groups is 1. The van der Waals surface area contributed by atoms with Gasteiger partial charge in [-0.2, -0.15) is 0 Å². The van der Waals surface area contributed by atoms with E-state index in [-0.39, 0.29) is 11.6 Å². The molecule has 3 heterocycles. The van der Waals surface area contributed by atoms with Crippen LogP contribution in [0.3, 0.4) is 0 Å². The van der Waals surface area contributed by atoms with Crippen molar-refractivity contribution in [3.05, 3.63) is 52.9 Å². The number of nitrogens with two attached hydrogens (primary N) is 1. The summed E-state index contributed by atoms with van der Waals surface area (Å²) >= 11 is 7.32. The van der Waals surface area contributed by atoms with Gasteiger partial charge in [0, 0.05) is 11.9 Å². The van der Waals surface area contributed by atoms with Gasteiger partial charge in [0.25, 0.3) is 5.91 Å². The number of nitrogens with zero attached hydrogens (tertiary/aromatic N) is 3. The van der Waals surface area contributed by atoms with Crippen LogP contribution in [-0.4, -0.2) is 26.8 Å². The van der Waals surface area contributed by atoms with E-state index in [9.17, 15) is 4.79 Å². The third kappa shape index (κ3) is 3.68. The van der Waals surface area contributed by atoms with Gasteiger partial charge in [0.05, 0.1) is 10.7 Å². The highest BCUT2D eigenvalue weighted by Crippen LogP contribution is 2.34. The summed E-state index contributed by atoms with van der Waals surface area (Å²) in [7, 11) is 0. The van der Waals surface area contributed by atoms with Crippen LogP contribution in [0.25, 0.3) is 0 Å². The fourth-order valence-corrected chi connectivity index (χ4v) is 3.45. The van der Waals surface area contributed by atoms with Crippen molar-refractivity contribution in [1.29, 1.82) is 0 Å². The lowest BCUT2D eigenvalue weighted by Crippen LogP contribution is -2.30. The topological polar surface area (TPSA) is 93.3 Å². The van der Waals surface area contributed by atoms with Crippen LogP contribution in [0.15, 0.2) is 41.5 Å². The first-order chi connectivity index (χ1) is 11.5. The average Bonchev–Trinajstić information content (AvgIpc) is 2.55. The maximum Gasteiger partial charge on any atom is 0.275 e. The molecule has 6 nitrogen and oxygen atoms in total. The lowest BCUT2D eigenvalue weighted by molar-refractivity contribution is 0.102. The molecule has 3 rings (SSSR count). The number of aromatic nitrogens is 2. The SMILES string of the molecule is C[C@@]1(c2cccc(NC(=O)c3ccc(Cl)cn3)n2)CCSC(N)=N1. The van der Waals surface area contributed by atoms with Crippen molar-refractivity contribution >= 4 is 40.3 Å². The zero-order valence-electron chi connectivity index (χ0n) is 13.0. The summed E-state index contributed by atoms with van der Waals surface area (Å²) < 4.78 is 0. The molecule has 0 saturated heterocycles. The number of carbonyl (C=O) groups is 1. The molecular weight excluding hydrogens is 346 g/mol. The predicted octanol–water partition coefficient (Wildman–Crippen LogP) is 3.05. The third-order valence-electron chi connectivity index (χ3n) is 3.70. The van der Waals surface area contributed by atoms with E-state index in [0.717, 1.165) is 17.9 Å². The minimum atomic E-state index is -0.478. The summed E-state index contributed by atoms with van der Waals surface area (Å²) in [5.74, 6) is 0.991. The quantitative estimate of drug-likeness (QED) is 0.876. The molecule has 0 saturated carbocycles. The van der Waals surface area contributed by atoms with E-state index in [2.05, 4.69) is 20.3 Å². The Labute approximate surface area is 148 Å². The molecule has 1 atom stereocenters. The Kier molecular flexibility index (Phi) is 4.73. The van der Waals surface area contributed by atoms with Crippen LogP contribution in [0.1, 0.15) is 29.5 Å². The van der Waals surface area contributed by atoms with Crippen LogP contribution >= 0.6 is 23.4 Å². The van der Waals surface area contributed by atoms with Gasteiger partial charge in [-0.1, -0.05) is 29.4 Å². The number of amidine groups is 1. The van der Waals surface area contributed by atoms with Gasteiger partial charge in [-0.05, 0) is 37.6 Å². The van der Waals surface area contributed by atoms with Crippen LogP contribution in [0, 0.1) is 0 Å². The Bertz CT molecular complexity index is 795. The largest absolute Gasteiger partial charge is 0.379 e. The van der Waals surface area contributed by atoms with E-state index in [0.29, 0.717) is 16.0 Å². The Morgan fingerprint density at radius 3 is 2.92 bits per heavy atom. The Balaban J connectivity index is 1.82. The molecule has 1 aliphatic heterocycles. The number of rotatable bonds is 3. The van der Waals surface area contributed by atoms with E-state index in [1.165, 1.54) is 18.0 Å². The van der Waals surface area contributed by atoms with Crippen LogP contribution in [-0.2, 0) is 5.54 Å². The van der Waals surface area contributed by atoms with Crippen molar-refractivity contribution in [3.63, 3.8) is 0 Å². The van der Waals surface area contributed by atoms with Crippen LogP contribution in [0.2, 0.25) is 5.02 Å². The first kappa shape index (κ1) is 16.7. The molecule has 0 aromatic carbocycles. The molecule has 3 N–H and O–H groups in total. The first-order valence-electron chi connectivity index (χ1n) is 7.35. The molecule has 1 amide bonds. The van der Waals surface area contributed by atoms with Gasteiger partial charge in [-0.25, -0.2) is 15.0 Å². The molecule has 0 aliphatic carbocycles. The van der Waals surface area contributed by atoms with Crippen molar-refractivity contribution in [1.82, 2.24) is 9.97 Å². The minimum absolute atomic E-state index is 0.272. The van der Waals surface area contributed by atoms with Crippen molar-refractivity contribution in [2.24, 2.45) is 10.7 Å². The molecule has 0 unspecified atom stereocenters. The molecule has 2 aromatic heterocycles. The van der Waals surface area contributed by atoms with Crippen molar-refractivity contribution in [2.75, 3.05) is 11.1 Å². The summed E-state index contributed by atoms with van der Waals surface area (Å²) in [4.78, 5) is 25.3. The maximum atomic E-state index is 12.2. The number of halogens is 1. The van der Waals surface area contributed by atoms with Gasteiger partial charge in [0.2, 0.25) is 0 Å². The second kappa shape index (κ2) is 6.78. The van der Waals surface area contributed by atoms with E-state index in [4.69, 9.17) is 17.3 Å². The molecule has 8 heteroatoms. The monoisotopic (exact) mass is 361 g/mol. The van der Waals surface area contributed by atoms with Crippen molar-refractivity contribution < 1.29 is 4.79 Å². The Morgan fingerprint density at radius 1 is 1.38 bits per heavy atom. The van der Waals surface area contributed by atoms with Crippen molar-refractivity contribution in [2.45, 2.75) is 18.9 Å². The van der Waals surface area contributed by atoms with Gasteiger partial charge >= 0.3 is 0 Å². The standard InChI is InChI=1S/C16H16ClN5OS/c1-16(7-8-24-15(18)22-16)12-3-2-4-13(20-12)21-14(23)11-6-5-10(17)9-19-11/h2-6,9H,7-8H2,1H3,(H2,18,22)(H,20,21,23)/t16-/m0/s1. The molecule has 0 bridgehead atoms. The van der Waals surface area contributed by atoms with Gasteiger partial charge in [0.1, 0.15) is 17.1 Å². The third-order valence-corrected chi connectivity index (χ3v) is 4.72. The highest BCUT2D eigenvalue weighted by molar-refractivity contribution is 8.13. The van der Waals surface area contributed by atoms with E-state index >= 15 is 0 Å². The van der Waals surface area contributed by atoms with Gasteiger partial charge in [-0.15, -0.1) is 0 Å². The minimum Gasteiger partial charge on any atom is -0.379 e. The van der Waals surface area contributed by atoms with Crippen molar-refractivity contribution in [3.8, 4) is 0 Å². The number of pyridine rings is 2. The Hall–Kier alpha value is -2.12. The second-order valence-corrected chi connectivity index (χ2v) is 7.10. The highest BCUT2D eigenvalue weighted by atomic mass is 35.5. The van der Waals surface area contributed by atoms with Gasteiger partial charge < -0.3 is 11.1 Å². The summed E-state index contributed by atoms with van der Waals surface area (Å²) in [5, 5.41) is 3.78. The van der Waals surface area contributed by atoms with E-state index in [1.54, 1.807) is 18.2 Å².